The van der Waals surface area contributed by atoms with Crippen molar-refractivity contribution in [3.8, 4) is 0 Å². The summed E-state index contributed by atoms with van der Waals surface area (Å²) in [5.41, 5.74) is 0. The van der Waals surface area contributed by atoms with E-state index in [0.29, 0.717) is 19.3 Å². The van der Waals surface area contributed by atoms with Crippen LogP contribution in [0.15, 0.2) is 48.6 Å². The van der Waals surface area contributed by atoms with Gasteiger partial charge in [-0.15, -0.1) is 0 Å². The fraction of sp³-hybridized carbons (Fsp3) is 0.825. The van der Waals surface area contributed by atoms with Gasteiger partial charge < -0.3 is 14.2 Å². The van der Waals surface area contributed by atoms with Crippen LogP contribution in [-0.2, 0) is 28.6 Å². The van der Waals surface area contributed by atoms with E-state index in [9.17, 15) is 14.4 Å². The number of allylic oxidation sites excluding steroid dienone is 8. The van der Waals surface area contributed by atoms with Crippen LogP contribution in [-0.4, -0.2) is 37.2 Å². The van der Waals surface area contributed by atoms with Crippen molar-refractivity contribution in [1.82, 2.24) is 0 Å². The van der Waals surface area contributed by atoms with Gasteiger partial charge in [0, 0.05) is 19.3 Å². The minimum atomic E-state index is -0.781. The van der Waals surface area contributed by atoms with Crippen molar-refractivity contribution in [1.29, 1.82) is 0 Å². The third-order valence-electron chi connectivity index (χ3n) is 13.3. The third-order valence-corrected chi connectivity index (χ3v) is 13.3. The molecule has 0 bridgehead atoms. The molecule has 0 saturated heterocycles. The molecule has 402 valence electrons. The van der Waals surface area contributed by atoms with E-state index in [1.807, 2.05) is 0 Å². The monoisotopic (exact) mass is 967 g/mol. The smallest absolute Gasteiger partial charge is 0.306 e. The average molecular weight is 968 g/mol. The molecule has 0 aliphatic heterocycles. The van der Waals surface area contributed by atoms with Gasteiger partial charge in [0.1, 0.15) is 13.2 Å². The lowest BCUT2D eigenvalue weighted by molar-refractivity contribution is -0.167. The Morgan fingerprint density at radius 2 is 0.536 bits per heavy atom. The second-order valence-electron chi connectivity index (χ2n) is 20.3. The van der Waals surface area contributed by atoms with Gasteiger partial charge in [0.15, 0.2) is 6.10 Å². The van der Waals surface area contributed by atoms with Crippen LogP contribution in [0.25, 0.3) is 0 Å². The number of unbranched alkanes of at least 4 members (excludes halogenated alkanes) is 36. The van der Waals surface area contributed by atoms with E-state index in [-0.39, 0.29) is 31.1 Å². The Morgan fingerprint density at radius 1 is 0.290 bits per heavy atom. The minimum Gasteiger partial charge on any atom is -0.462 e. The summed E-state index contributed by atoms with van der Waals surface area (Å²) in [5, 5.41) is 0. The summed E-state index contributed by atoms with van der Waals surface area (Å²) in [5.74, 6) is -0.883. The molecule has 0 aromatic heterocycles. The van der Waals surface area contributed by atoms with Gasteiger partial charge in [-0.3, -0.25) is 14.4 Å². The Balaban J connectivity index is 4.34. The highest BCUT2D eigenvalue weighted by atomic mass is 16.6. The highest BCUT2D eigenvalue weighted by Crippen LogP contribution is 2.17. The summed E-state index contributed by atoms with van der Waals surface area (Å²) in [6.07, 6.45) is 71.0. The zero-order valence-electron chi connectivity index (χ0n) is 46.1. The van der Waals surface area contributed by atoms with E-state index in [1.165, 1.54) is 186 Å². The molecule has 6 nitrogen and oxygen atoms in total. The highest BCUT2D eigenvalue weighted by Gasteiger charge is 2.19. The molecule has 1 atom stereocenters. The lowest BCUT2D eigenvalue weighted by Crippen LogP contribution is -2.30. The zero-order valence-corrected chi connectivity index (χ0v) is 46.1. The number of esters is 3. The van der Waals surface area contributed by atoms with Crippen LogP contribution in [0.5, 0.6) is 0 Å². The number of carbonyl (C=O) groups excluding carboxylic acids is 3. The standard InChI is InChI=1S/C63H114O6/c1-4-7-10-13-16-19-22-25-28-30-31-32-34-35-38-41-44-47-50-53-56-62(65)68-59-60(58-67-61(64)55-52-49-46-43-40-37-27-24-21-18-15-12-9-6-3)69-63(66)57-54-51-48-45-42-39-36-33-29-26-23-20-17-14-11-8-5-2/h15,17-18,20,24,26-27,29,60H,4-14,16,19,21-23,25,28,30-59H2,1-3H3/b18-15-,20-17-,27-24-,29-26-. The fourth-order valence-electron chi connectivity index (χ4n) is 8.73. The molecule has 0 rings (SSSR count). The first kappa shape index (κ1) is 66.4. The lowest BCUT2D eigenvalue weighted by Gasteiger charge is -2.18. The molecule has 0 saturated carbocycles. The van der Waals surface area contributed by atoms with Crippen LogP contribution in [0.2, 0.25) is 0 Å². The van der Waals surface area contributed by atoms with Crippen molar-refractivity contribution in [2.75, 3.05) is 13.2 Å². The Bertz CT molecular complexity index is 1200. The molecule has 0 spiro atoms. The van der Waals surface area contributed by atoms with E-state index in [4.69, 9.17) is 14.2 Å². The fourth-order valence-corrected chi connectivity index (χ4v) is 8.73. The largest absolute Gasteiger partial charge is 0.462 e. The lowest BCUT2D eigenvalue weighted by atomic mass is 10.0. The minimum absolute atomic E-state index is 0.0778. The molecule has 0 heterocycles. The normalized spacial score (nSPS) is 12.3. The van der Waals surface area contributed by atoms with Crippen LogP contribution in [0.3, 0.4) is 0 Å². The van der Waals surface area contributed by atoms with Crippen LogP contribution >= 0.6 is 0 Å². The van der Waals surface area contributed by atoms with Crippen molar-refractivity contribution in [2.45, 2.75) is 322 Å². The SMILES string of the molecule is CCCC/C=C\C/C=C\CCCCCCCC(=O)OCC(COC(=O)CCCCCCCCCCCCCCCCCCCCCC)OC(=O)CCCCCCCCC/C=C\C/C=C\CCCCC. The number of hydrogen-bond donors (Lipinski definition) is 0. The topological polar surface area (TPSA) is 78.9 Å². The van der Waals surface area contributed by atoms with E-state index >= 15 is 0 Å². The maximum atomic E-state index is 12.9. The van der Waals surface area contributed by atoms with Crippen LogP contribution in [0, 0.1) is 0 Å². The maximum absolute atomic E-state index is 12.9. The number of hydrogen-bond acceptors (Lipinski definition) is 6. The summed E-state index contributed by atoms with van der Waals surface area (Å²) in [4.78, 5) is 38.2. The molecular weight excluding hydrogens is 853 g/mol. The molecular formula is C63H114O6. The van der Waals surface area contributed by atoms with Crippen LogP contribution in [0.4, 0.5) is 0 Å². The average Bonchev–Trinajstić information content (AvgIpc) is 3.35. The summed E-state index contributed by atoms with van der Waals surface area (Å²) < 4.78 is 16.9. The van der Waals surface area contributed by atoms with Gasteiger partial charge in [-0.1, -0.05) is 268 Å². The predicted molar refractivity (Wildman–Crippen MR) is 298 cm³/mol. The molecule has 0 fully saturated rings. The van der Waals surface area contributed by atoms with Crippen molar-refractivity contribution in [3.05, 3.63) is 48.6 Å². The Kier molecular flexibility index (Phi) is 55.7. The second-order valence-corrected chi connectivity index (χ2v) is 20.3. The summed E-state index contributed by atoms with van der Waals surface area (Å²) in [7, 11) is 0. The van der Waals surface area contributed by atoms with Crippen molar-refractivity contribution in [3.63, 3.8) is 0 Å². The summed E-state index contributed by atoms with van der Waals surface area (Å²) >= 11 is 0. The van der Waals surface area contributed by atoms with Crippen molar-refractivity contribution in [2.24, 2.45) is 0 Å². The van der Waals surface area contributed by atoms with Crippen molar-refractivity contribution >= 4 is 17.9 Å². The van der Waals surface area contributed by atoms with E-state index < -0.39 is 6.10 Å². The molecule has 0 aliphatic rings. The summed E-state index contributed by atoms with van der Waals surface area (Å²) in [6, 6.07) is 0. The molecule has 0 aromatic carbocycles. The van der Waals surface area contributed by atoms with Gasteiger partial charge >= 0.3 is 17.9 Å². The first-order chi connectivity index (χ1) is 34.0. The van der Waals surface area contributed by atoms with Gasteiger partial charge in [0.2, 0.25) is 0 Å². The molecule has 6 heteroatoms. The van der Waals surface area contributed by atoms with E-state index in [2.05, 4.69) is 69.4 Å². The highest BCUT2D eigenvalue weighted by molar-refractivity contribution is 5.71. The summed E-state index contributed by atoms with van der Waals surface area (Å²) in [6.45, 7) is 6.60. The second kappa shape index (κ2) is 57.9. The third kappa shape index (κ3) is 56.2. The number of ether oxygens (including phenoxy) is 3. The maximum Gasteiger partial charge on any atom is 0.306 e. The molecule has 0 aliphatic carbocycles. The first-order valence-corrected chi connectivity index (χ1v) is 30.1. The molecule has 1 unspecified atom stereocenters. The van der Waals surface area contributed by atoms with Gasteiger partial charge in [0.05, 0.1) is 0 Å². The number of carbonyl (C=O) groups is 3. The van der Waals surface area contributed by atoms with Gasteiger partial charge in [0.25, 0.3) is 0 Å². The van der Waals surface area contributed by atoms with Crippen LogP contribution < -0.4 is 0 Å². The molecule has 0 amide bonds. The van der Waals surface area contributed by atoms with E-state index in [1.54, 1.807) is 0 Å². The molecule has 0 N–H and O–H groups in total. The molecule has 69 heavy (non-hydrogen) atoms. The van der Waals surface area contributed by atoms with Crippen molar-refractivity contribution < 1.29 is 28.6 Å². The Labute approximate surface area is 428 Å². The van der Waals surface area contributed by atoms with Gasteiger partial charge in [-0.05, 0) is 77.0 Å². The van der Waals surface area contributed by atoms with Gasteiger partial charge in [-0.2, -0.15) is 0 Å². The Hall–Kier alpha value is -2.63. The Morgan fingerprint density at radius 3 is 0.870 bits per heavy atom. The quantitative estimate of drug-likeness (QED) is 0.0262. The van der Waals surface area contributed by atoms with Crippen LogP contribution in [0.1, 0.15) is 316 Å². The number of rotatable bonds is 55. The molecule has 0 aromatic rings. The first-order valence-electron chi connectivity index (χ1n) is 30.1. The predicted octanol–water partition coefficient (Wildman–Crippen LogP) is 20.2. The zero-order chi connectivity index (χ0) is 50.0. The van der Waals surface area contributed by atoms with Gasteiger partial charge in [-0.25, -0.2) is 0 Å². The van der Waals surface area contributed by atoms with E-state index in [0.717, 1.165) is 89.9 Å². The molecule has 0 radical (unpaired) electrons.